The maximum atomic E-state index is 13.2. The summed E-state index contributed by atoms with van der Waals surface area (Å²) in [7, 11) is 0. The molecule has 3 rings (SSSR count). The number of halogens is 1. The van der Waals surface area contributed by atoms with E-state index in [9.17, 15) is 9.50 Å². The molecule has 22 heavy (non-hydrogen) atoms. The second kappa shape index (κ2) is 6.42. The topological polar surface area (TPSA) is 45.6 Å². The fourth-order valence-electron chi connectivity index (χ4n) is 2.71. The first-order valence-electron chi connectivity index (χ1n) is 7.34. The molecule has 0 amide bonds. The number of aromatic nitrogens is 1. The first-order chi connectivity index (χ1) is 10.6. The Kier molecular flexibility index (Phi) is 4.36. The van der Waals surface area contributed by atoms with Gasteiger partial charge in [0.2, 0.25) is 0 Å². The maximum Gasteiger partial charge on any atom is 0.138 e. The van der Waals surface area contributed by atoms with Gasteiger partial charge in [-0.05, 0) is 36.2 Å². The number of aliphatic hydroxyl groups excluding tert-OH is 1. The van der Waals surface area contributed by atoms with Crippen molar-refractivity contribution in [3.8, 4) is 5.75 Å². The first kappa shape index (κ1) is 14.9. The summed E-state index contributed by atoms with van der Waals surface area (Å²) in [4.78, 5) is 6.22. The molecule has 1 fully saturated rings. The number of rotatable bonds is 4. The third-order valence-corrected chi connectivity index (χ3v) is 3.93. The van der Waals surface area contributed by atoms with Crippen molar-refractivity contribution >= 4 is 0 Å². The van der Waals surface area contributed by atoms with Gasteiger partial charge in [-0.1, -0.05) is 6.07 Å². The molecule has 0 aliphatic carbocycles. The number of aliphatic hydroxyl groups is 1. The fourth-order valence-corrected chi connectivity index (χ4v) is 2.71. The Morgan fingerprint density at radius 2 is 2.23 bits per heavy atom. The SMILES string of the molecule is Cc1cnccc1CN1C[C@@H](O)[C@H](Oc2cccc(F)c2)C1. The minimum Gasteiger partial charge on any atom is -0.486 e. The molecule has 1 N–H and O–H groups in total. The van der Waals surface area contributed by atoms with Gasteiger partial charge in [-0.15, -0.1) is 0 Å². The number of β-amino-alcohol motifs (C(OH)–C–C–N with tert-alkyl or cyclic N) is 1. The Morgan fingerprint density at radius 3 is 3.00 bits per heavy atom. The van der Waals surface area contributed by atoms with Crippen LogP contribution in [0.1, 0.15) is 11.1 Å². The molecule has 2 heterocycles. The van der Waals surface area contributed by atoms with Crippen molar-refractivity contribution in [3.05, 3.63) is 59.7 Å². The normalized spacial score (nSPS) is 22.0. The van der Waals surface area contributed by atoms with Gasteiger partial charge in [0, 0.05) is 38.1 Å². The van der Waals surface area contributed by atoms with Crippen LogP contribution in [0.4, 0.5) is 4.39 Å². The summed E-state index contributed by atoms with van der Waals surface area (Å²) in [6, 6.07) is 8.00. The molecule has 1 aliphatic rings. The van der Waals surface area contributed by atoms with Gasteiger partial charge in [-0.3, -0.25) is 9.88 Å². The van der Waals surface area contributed by atoms with E-state index >= 15 is 0 Å². The molecule has 0 unspecified atom stereocenters. The van der Waals surface area contributed by atoms with Gasteiger partial charge in [0.25, 0.3) is 0 Å². The van der Waals surface area contributed by atoms with Gasteiger partial charge in [0.1, 0.15) is 23.8 Å². The molecule has 2 aromatic rings. The van der Waals surface area contributed by atoms with Gasteiger partial charge in [-0.2, -0.15) is 0 Å². The summed E-state index contributed by atoms with van der Waals surface area (Å²) in [5.41, 5.74) is 2.32. The van der Waals surface area contributed by atoms with Crippen molar-refractivity contribution in [2.24, 2.45) is 0 Å². The molecule has 1 aliphatic heterocycles. The van der Waals surface area contributed by atoms with E-state index in [1.54, 1.807) is 18.3 Å². The van der Waals surface area contributed by atoms with Crippen molar-refractivity contribution in [3.63, 3.8) is 0 Å². The minimum absolute atomic E-state index is 0.339. The van der Waals surface area contributed by atoms with Crippen molar-refractivity contribution < 1.29 is 14.2 Å². The van der Waals surface area contributed by atoms with Crippen LogP contribution in [0.3, 0.4) is 0 Å². The number of benzene rings is 1. The number of likely N-dealkylation sites (tertiary alicyclic amines) is 1. The molecule has 0 saturated carbocycles. The molecular formula is C17H19FN2O2. The van der Waals surface area contributed by atoms with Crippen LogP contribution in [0.15, 0.2) is 42.7 Å². The average Bonchev–Trinajstić information content (AvgIpc) is 2.81. The van der Waals surface area contributed by atoms with E-state index in [4.69, 9.17) is 4.74 Å². The van der Waals surface area contributed by atoms with Crippen LogP contribution in [0.5, 0.6) is 5.75 Å². The third-order valence-electron chi connectivity index (χ3n) is 3.93. The molecule has 0 radical (unpaired) electrons. The van der Waals surface area contributed by atoms with E-state index < -0.39 is 6.10 Å². The van der Waals surface area contributed by atoms with Crippen molar-refractivity contribution in [1.82, 2.24) is 9.88 Å². The molecule has 0 spiro atoms. The largest absolute Gasteiger partial charge is 0.486 e. The van der Waals surface area contributed by atoms with Crippen LogP contribution in [-0.4, -0.2) is 40.3 Å². The lowest BCUT2D eigenvalue weighted by atomic mass is 10.1. The zero-order valence-electron chi connectivity index (χ0n) is 12.4. The molecular weight excluding hydrogens is 283 g/mol. The standard InChI is InChI=1S/C17H19FN2O2/c1-12-8-19-6-5-13(12)9-20-10-16(21)17(11-20)22-15-4-2-3-14(18)7-15/h2-8,16-17,21H,9-11H2,1H3/t16-,17-/m1/s1. The third kappa shape index (κ3) is 3.43. The fraction of sp³-hybridized carbons (Fsp3) is 0.353. The number of pyridine rings is 1. The van der Waals surface area contributed by atoms with Crippen LogP contribution in [0.25, 0.3) is 0 Å². The van der Waals surface area contributed by atoms with Crippen LogP contribution < -0.4 is 4.74 Å². The van der Waals surface area contributed by atoms with E-state index in [2.05, 4.69) is 9.88 Å². The van der Waals surface area contributed by atoms with Crippen LogP contribution in [-0.2, 0) is 6.54 Å². The Morgan fingerprint density at radius 1 is 1.36 bits per heavy atom. The number of hydrogen-bond donors (Lipinski definition) is 1. The maximum absolute atomic E-state index is 13.2. The van der Waals surface area contributed by atoms with Gasteiger partial charge in [0.05, 0.1) is 0 Å². The summed E-state index contributed by atoms with van der Waals surface area (Å²) in [5, 5.41) is 10.2. The van der Waals surface area contributed by atoms with E-state index in [1.807, 2.05) is 19.2 Å². The molecule has 2 atom stereocenters. The average molecular weight is 302 g/mol. The van der Waals surface area contributed by atoms with Gasteiger partial charge in [0.15, 0.2) is 0 Å². The van der Waals surface area contributed by atoms with Gasteiger partial charge in [-0.25, -0.2) is 4.39 Å². The highest BCUT2D eigenvalue weighted by Crippen LogP contribution is 2.21. The highest BCUT2D eigenvalue weighted by molar-refractivity contribution is 5.24. The van der Waals surface area contributed by atoms with E-state index in [0.29, 0.717) is 18.8 Å². The number of ether oxygens (including phenoxy) is 1. The smallest absolute Gasteiger partial charge is 0.138 e. The van der Waals surface area contributed by atoms with Crippen molar-refractivity contribution in [2.75, 3.05) is 13.1 Å². The summed E-state index contributed by atoms with van der Waals surface area (Å²) in [6.07, 6.45) is 2.69. The summed E-state index contributed by atoms with van der Waals surface area (Å²) < 4.78 is 18.9. The highest BCUT2D eigenvalue weighted by atomic mass is 19.1. The molecule has 116 valence electrons. The summed E-state index contributed by atoms with van der Waals surface area (Å²) >= 11 is 0. The van der Waals surface area contributed by atoms with Crippen molar-refractivity contribution in [2.45, 2.75) is 25.7 Å². The van der Waals surface area contributed by atoms with E-state index in [1.165, 1.54) is 17.7 Å². The molecule has 1 aromatic heterocycles. The van der Waals surface area contributed by atoms with E-state index in [-0.39, 0.29) is 11.9 Å². The van der Waals surface area contributed by atoms with Crippen LogP contribution in [0, 0.1) is 12.7 Å². The molecule has 4 nitrogen and oxygen atoms in total. The first-order valence-corrected chi connectivity index (χ1v) is 7.34. The summed E-state index contributed by atoms with van der Waals surface area (Å²) in [5.74, 6) is 0.111. The molecule has 5 heteroatoms. The Bertz CT molecular complexity index is 650. The lowest BCUT2D eigenvalue weighted by molar-refractivity contribution is 0.0734. The quantitative estimate of drug-likeness (QED) is 0.940. The second-order valence-electron chi connectivity index (χ2n) is 5.68. The van der Waals surface area contributed by atoms with Gasteiger partial charge < -0.3 is 9.84 Å². The predicted molar refractivity (Wildman–Crippen MR) is 81.1 cm³/mol. The minimum atomic E-state index is -0.578. The van der Waals surface area contributed by atoms with Crippen LogP contribution >= 0.6 is 0 Å². The summed E-state index contributed by atoms with van der Waals surface area (Å²) in [6.45, 7) is 3.92. The number of aryl methyl sites for hydroxylation is 1. The zero-order chi connectivity index (χ0) is 15.5. The van der Waals surface area contributed by atoms with Gasteiger partial charge >= 0.3 is 0 Å². The Balaban J connectivity index is 1.63. The van der Waals surface area contributed by atoms with E-state index in [0.717, 1.165) is 12.1 Å². The van der Waals surface area contributed by atoms with Crippen LogP contribution in [0.2, 0.25) is 0 Å². The molecule has 1 aromatic carbocycles. The lowest BCUT2D eigenvalue weighted by Gasteiger charge is -2.17. The second-order valence-corrected chi connectivity index (χ2v) is 5.68. The monoisotopic (exact) mass is 302 g/mol. The molecule has 0 bridgehead atoms. The molecule has 1 saturated heterocycles. The number of hydrogen-bond acceptors (Lipinski definition) is 4. The Labute approximate surface area is 129 Å². The lowest BCUT2D eigenvalue weighted by Crippen LogP contribution is -2.29. The van der Waals surface area contributed by atoms with Crippen molar-refractivity contribution in [1.29, 1.82) is 0 Å². The Hall–Kier alpha value is -1.98. The number of nitrogens with zero attached hydrogens (tertiary/aromatic N) is 2. The highest BCUT2D eigenvalue weighted by Gasteiger charge is 2.33. The predicted octanol–water partition coefficient (Wildman–Crippen LogP) is 2.15. The zero-order valence-corrected chi connectivity index (χ0v) is 12.4.